The molecule has 2 heterocycles. The third kappa shape index (κ3) is 5.41. The summed E-state index contributed by atoms with van der Waals surface area (Å²) in [7, 11) is 0. The number of nitriles is 1. The van der Waals surface area contributed by atoms with Crippen LogP contribution in [0.2, 0.25) is 0 Å². The van der Waals surface area contributed by atoms with E-state index in [1.165, 1.54) is 6.07 Å². The predicted octanol–water partition coefficient (Wildman–Crippen LogP) is 4.65. The van der Waals surface area contributed by atoms with Crippen molar-refractivity contribution in [2.24, 2.45) is 0 Å². The van der Waals surface area contributed by atoms with Crippen LogP contribution in [0.15, 0.2) is 78.6 Å². The first kappa shape index (κ1) is 23.9. The highest BCUT2D eigenvalue weighted by molar-refractivity contribution is 5.99. The molecular formula is C29H24FN5O2. The average Bonchev–Trinajstić information content (AvgIpc) is 3.35. The Hall–Kier alpha value is -4.77. The number of ether oxygens (including phenoxy) is 1. The Morgan fingerprint density at radius 3 is 2.73 bits per heavy atom. The summed E-state index contributed by atoms with van der Waals surface area (Å²) >= 11 is 0. The molecule has 1 aliphatic heterocycles. The fourth-order valence-electron chi connectivity index (χ4n) is 4.21. The lowest BCUT2D eigenvalue weighted by molar-refractivity contribution is -0.128. The van der Waals surface area contributed by atoms with E-state index in [1.807, 2.05) is 60.0 Å². The van der Waals surface area contributed by atoms with Crippen LogP contribution in [0.5, 0.6) is 5.75 Å². The normalized spacial score (nSPS) is 12.2. The summed E-state index contributed by atoms with van der Waals surface area (Å²) in [4.78, 5) is 15.3. The quantitative estimate of drug-likeness (QED) is 0.374. The van der Waals surface area contributed by atoms with Crippen molar-refractivity contribution in [2.75, 3.05) is 6.61 Å². The SMILES string of the molecule is Cc1ccc(CN(Cc2nncn2Cc2ccc(C#N)cc2)C(=O)C2=Cc3ccccc3OC2)c(F)c1. The Bertz CT molecular complexity index is 1520. The van der Waals surface area contributed by atoms with E-state index in [4.69, 9.17) is 10.00 Å². The highest BCUT2D eigenvalue weighted by atomic mass is 19.1. The highest BCUT2D eigenvalue weighted by Gasteiger charge is 2.25. The lowest BCUT2D eigenvalue weighted by atomic mass is 10.1. The Balaban J connectivity index is 1.43. The Morgan fingerprint density at radius 2 is 1.95 bits per heavy atom. The van der Waals surface area contributed by atoms with Crippen LogP contribution in [0.1, 0.15) is 33.6 Å². The Labute approximate surface area is 214 Å². The van der Waals surface area contributed by atoms with E-state index in [0.29, 0.717) is 29.1 Å². The van der Waals surface area contributed by atoms with E-state index in [-0.39, 0.29) is 31.4 Å². The molecule has 0 saturated heterocycles. The first-order valence-corrected chi connectivity index (χ1v) is 11.8. The molecule has 0 fully saturated rings. The average molecular weight is 494 g/mol. The van der Waals surface area contributed by atoms with Gasteiger partial charge in [0.1, 0.15) is 24.5 Å². The van der Waals surface area contributed by atoms with Crippen LogP contribution in [0.3, 0.4) is 0 Å². The highest BCUT2D eigenvalue weighted by Crippen LogP contribution is 2.27. The van der Waals surface area contributed by atoms with Crippen LogP contribution >= 0.6 is 0 Å². The molecule has 0 saturated carbocycles. The summed E-state index contributed by atoms with van der Waals surface area (Å²) in [5, 5.41) is 17.3. The maximum Gasteiger partial charge on any atom is 0.253 e. The van der Waals surface area contributed by atoms with Gasteiger partial charge in [-0.2, -0.15) is 5.26 Å². The molecule has 0 unspecified atom stereocenters. The number of carbonyl (C=O) groups is 1. The monoisotopic (exact) mass is 493 g/mol. The summed E-state index contributed by atoms with van der Waals surface area (Å²) in [6, 6.07) is 21.9. The van der Waals surface area contributed by atoms with Gasteiger partial charge in [-0.1, -0.05) is 42.5 Å². The Morgan fingerprint density at radius 1 is 1.14 bits per heavy atom. The van der Waals surface area contributed by atoms with Crippen LogP contribution in [-0.2, 0) is 24.4 Å². The van der Waals surface area contributed by atoms with Crippen molar-refractivity contribution in [1.82, 2.24) is 19.7 Å². The summed E-state index contributed by atoms with van der Waals surface area (Å²) < 4.78 is 22.4. The minimum absolute atomic E-state index is 0.0632. The standard InChI is InChI=1S/C29H24FN5O2/c1-20-6-11-24(26(30)12-20)16-34(29(36)25-13-23-4-2-3-5-27(23)37-18-25)17-28-33-32-19-35(28)15-22-9-7-21(14-31)8-10-22/h2-13,19H,15-18H2,1H3. The number of benzene rings is 3. The maximum absolute atomic E-state index is 14.8. The van der Waals surface area contributed by atoms with Gasteiger partial charge in [0, 0.05) is 17.7 Å². The number of aromatic nitrogens is 3. The van der Waals surface area contributed by atoms with E-state index in [2.05, 4.69) is 16.3 Å². The van der Waals surface area contributed by atoms with Gasteiger partial charge in [-0.15, -0.1) is 10.2 Å². The third-order valence-corrected chi connectivity index (χ3v) is 6.23. The molecule has 37 heavy (non-hydrogen) atoms. The van der Waals surface area contributed by atoms with Crippen LogP contribution in [0.25, 0.3) is 6.08 Å². The van der Waals surface area contributed by atoms with Crippen molar-refractivity contribution in [3.05, 3.63) is 118 Å². The van der Waals surface area contributed by atoms with E-state index in [9.17, 15) is 9.18 Å². The zero-order chi connectivity index (χ0) is 25.8. The van der Waals surface area contributed by atoms with Crippen molar-refractivity contribution < 1.29 is 13.9 Å². The van der Waals surface area contributed by atoms with Crippen molar-refractivity contribution in [3.8, 4) is 11.8 Å². The largest absolute Gasteiger partial charge is 0.488 e. The number of amides is 1. The number of para-hydroxylation sites is 1. The molecular weight excluding hydrogens is 469 g/mol. The second-order valence-electron chi connectivity index (χ2n) is 8.94. The molecule has 0 atom stereocenters. The molecule has 8 heteroatoms. The molecule has 184 valence electrons. The van der Waals surface area contributed by atoms with Gasteiger partial charge >= 0.3 is 0 Å². The topological polar surface area (TPSA) is 84.0 Å². The Kier molecular flexibility index (Phi) is 6.77. The molecule has 0 aliphatic carbocycles. The number of aryl methyl sites for hydroxylation is 1. The predicted molar refractivity (Wildman–Crippen MR) is 136 cm³/mol. The molecule has 0 spiro atoms. The smallest absolute Gasteiger partial charge is 0.253 e. The van der Waals surface area contributed by atoms with Gasteiger partial charge in [-0.3, -0.25) is 4.79 Å². The fraction of sp³-hybridized carbons (Fsp3) is 0.172. The van der Waals surface area contributed by atoms with Crippen LogP contribution in [0, 0.1) is 24.1 Å². The van der Waals surface area contributed by atoms with Gasteiger partial charge in [0.2, 0.25) is 0 Å². The first-order valence-electron chi connectivity index (χ1n) is 11.8. The van der Waals surface area contributed by atoms with Crippen LogP contribution in [-0.4, -0.2) is 32.2 Å². The number of hydrogen-bond acceptors (Lipinski definition) is 5. The van der Waals surface area contributed by atoms with Gasteiger partial charge in [-0.05, 0) is 48.4 Å². The number of fused-ring (bicyclic) bond motifs is 1. The minimum atomic E-state index is -0.365. The van der Waals surface area contributed by atoms with E-state index < -0.39 is 0 Å². The third-order valence-electron chi connectivity index (χ3n) is 6.23. The molecule has 5 rings (SSSR count). The number of nitrogens with zero attached hydrogens (tertiary/aromatic N) is 5. The van der Waals surface area contributed by atoms with Gasteiger partial charge in [0.15, 0.2) is 5.82 Å². The van der Waals surface area contributed by atoms with Crippen LogP contribution < -0.4 is 4.74 Å². The molecule has 0 bridgehead atoms. The molecule has 3 aromatic carbocycles. The van der Waals surface area contributed by atoms with Gasteiger partial charge in [0.25, 0.3) is 5.91 Å². The van der Waals surface area contributed by atoms with E-state index >= 15 is 0 Å². The molecule has 1 aromatic heterocycles. The number of carbonyl (C=O) groups excluding carboxylic acids is 1. The lowest BCUT2D eigenvalue weighted by Crippen LogP contribution is -2.34. The van der Waals surface area contributed by atoms with Gasteiger partial charge < -0.3 is 14.2 Å². The summed E-state index contributed by atoms with van der Waals surface area (Å²) in [5.74, 6) is 0.652. The van der Waals surface area contributed by atoms with Crippen molar-refractivity contribution in [2.45, 2.75) is 26.6 Å². The molecule has 0 radical (unpaired) electrons. The molecule has 4 aromatic rings. The van der Waals surface area contributed by atoms with E-state index in [0.717, 1.165) is 22.4 Å². The summed E-state index contributed by atoms with van der Waals surface area (Å²) in [6.07, 6.45) is 3.42. The van der Waals surface area contributed by atoms with Crippen molar-refractivity contribution >= 4 is 12.0 Å². The van der Waals surface area contributed by atoms with Gasteiger partial charge in [0.05, 0.1) is 30.3 Å². The first-order chi connectivity index (χ1) is 18.0. The summed E-state index contributed by atoms with van der Waals surface area (Å²) in [6.45, 7) is 2.60. The fourth-order valence-corrected chi connectivity index (χ4v) is 4.21. The zero-order valence-electron chi connectivity index (χ0n) is 20.3. The van der Waals surface area contributed by atoms with E-state index in [1.54, 1.807) is 29.4 Å². The number of halogens is 1. The van der Waals surface area contributed by atoms with Crippen molar-refractivity contribution in [3.63, 3.8) is 0 Å². The lowest BCUT2D eigenvalue weighted by Gasteiger charge is -2.26. The summed E-state index contributed by atoms with van der Waals surface area (Å²) in [5.41, 5.74) is 4.06. The van der Waals surface area contributed by atoms with Crippen LogP contribution in [0.4, 0.5) is 4.39 Å². The molecule has 1 amide bonds. The number of hydrogen-bond donors (Lipinski definition) is 0. The minimum Gasteiger partial charge on any atom is -0.488 e. The maximum atomic E-state index is 14.8. The second kappa shape index (κ2) is 10.5. The molecule has 1 aliphatic rings. The van der Waals surface area contributed by atoms with Crippen molar-refractivity contribution in [1.29, 1.82) is 5.26 Å². The second-order valence-corrected chi connectivity index (χ2v) is 8.94. The number of rotatable bonds is 7. The van der Waals surface area contributed by atoms with Gasteiger partial charge in [-0.25, -0.2) is 4.39 Å². The zero-order valence-corrected chi connectivity index (χ0v) is 20.3. The molecule has 0 N–H and O–H groups in total. The molecule has 7 nitrogen and oxygen atoms in total.